The van der Waals surface area contributed by atoms with E-state index in [1.165, 1.54) is 7.11 Å². The van der Waals surface area contributed by atoms with Crippen LogP contribution in [0.3, 0.4) is 0 Å². The second kappa shape index (κ2) is 5.45. The van der Waals surface area contributed by atoms with Crippen LogP contribution in [-0.2, 0) is 16.0 Å². The lowest BCUT2D eigenvalue weighted by Crippen LogP contribution is -2.13. The molecule has 74 valence electrons. The van der Waals surface area contributed by atoms with E-state index in [0.717, 1.165) is 11.0 Å². The molecule has 0 atom stereocenters. The van der Waals surface area contributed by atoms with E-state index in [1.54, 1.807) is 0 Å². The Hall–Kier alpha value is -1.29. The number of ether oxygens (including phenoxy) is 1. The van der Waals surface area contributed by atoms with Gasteiger partial charge >= 0.3 is 13.5 Å². The van der Waals surface area contributed by atoms with Gasteiger partial charge in [0.25, 0.3) is 0 Å². The molecule has 3 nitrogen and oxygen atoms in total. The van der Waals surface area contributed by atoms with E-state index < -0.39 is 0 Å². The summed E-state index contributed by atoms with van der Waals surface area (Å²) in [4.78, 5) is 10.9. The smallest absolute Gasteiger partial charge is 0.305 e. The van der Waals surface area contributed by atoms with Gasteiger partial charge < -0.3 is 9.76 Å². The van der Waals surface area contributed by atoms with Crippen LogP contribution in [0.4, 0.5) is 0 Å². The maximum Gasteiger partial charge on any atom is 0.305 e. The molecule has 4 heteroatoms. The molecule has 0 saturated carbocycles. The first-order valence-electron chi connectivity index (χ1n) is 4.51. The van der Waals surface area contributed by atoms with Gasteiger partial charge in [-0.3, -0.25) is 4.79 Å². The van der Waals surface area contributed by atoms with E-state index in [-0.39, 0.29) is 13.5 Å². The lowest BCUT2D eigenvalue weighted by molar-refractivity contribution is -0.140. The summed E-state index contributed by atoms with van der Waals surface area (Å²) in [6.07, 6.45) is 1.03. The third-order valence-corrected chi connectivity index (χ3v) is 2.02. The van der Waals surface area contributed by atoms with E-state index in [1.807, 2.05) is 24.3 Å². The third kappa shape index (κ3) is 3.22. The molecule has 14 heavy (non-hydrogen) atoms. The topological polar surface area (TPSA) is 46.5 Å². The average Bonchev–Trinajstić information content (AvgIpc) is 2.26. The van der Waals surface area contributed by atoms with Crippen molar-refractivity contribution in [3.05, 3.63) is 29.8 Å². The highest BCUT2D eigenvalue weighted by Gasteiger charge is 2.01. The van der Waals surface area contributed by atoms with Gasteiger partial charge in [0.1, 0.15) is 0 Å². The lowest BCUT2D eigenvalue weighted by Gasteiger charge is -2.01. The van der Waals surface area contributed by atoms with Crippen molar-refractivity contribution in [2.24, 2.45) is 0 Å². The van der Waals surface area contributed by atoms with Crippen molar-refractivity contribution < 1.29 is 14.6 Å². The zero-order valence-corrected chi connectivity index (χ0v) is 8.19. The number of benzene rings is 1. The predicted octanol–water partition coefficient (Wildman–Crippen LogP) is -0.239. The first-order valence-corrected chi connectivity index (χ1v) is 4.51. The van der Waals surface area contributed by atoms with Crippen molar-refractivity contribution >= 4 is 18.9 Å². The molecular weight excluding hydrogens is 179 g/mol. The zero-order valence-electron chi connectivity index (χ0n) is 8.19. The number of hydrogen-bond donors (Lipinski definition) is 1. The maximum absolute atomic E-state index is 10.9. The van der Waals surface area contributed by atoms with E-state index in [4.69, 9.17) is 5.02 Å². The maximum atomic E-state index is 10.9. The van der Waals surface area contributed by atoms with Crippen molar-refractivity contribution in [1.82, 2.24) is 0 Å². The van der Waals surface area contributed by atoms with E-state index in [9.17, 15) is 4.79 Å². The van der Waals surface area contributed by atoms with Crippen LogP contribution in [0.5, 0.6) is 0 Å². The minimum absolute atomic E-state index is 0.0338. The Balaban J connectivity index is 2.54. The van der Waals surface area contributed by atoms with E-state index >= 15 is 0 Å². The van der Waals surface area contributed by atoms with Crippen molar-refractivity contribution in [1.29, 1.82) is 0 Å². The van der Waals surface area contributed by atoms with Crippen LogP contribution in [0.1, 0.15) is 12.0 Å². The molecule has 0 heterocycles. The fraction of sp³-hybridized carbons (Fsp3) is 0.300. The Morgan fingerprint density at radius 2 is 2.36 bits per heavy atom. The molecule has 0 aliphatic carbocycles. The highest BCUT2D eigenvalue weighted by atomic mass is 16.5. The number of esters is 1. The first kappa shape index (κ1) is 10.8. The van der Waals surface area contributed by atoms with Gasteiger partial charge in [-0.1, -0.05) is 29.7 Å². The first-order chi connectivity index (χ1) is 6.76. The van der Waals surface area contributed by atoms with Gasteiger partial charge in [0.2, 0.25) is 0 Å². The molecular formula is C10H13BO3. The van der Waals surface area contributed by atoms with Crippen LogP contribution in [0.2, 0.25) is 0 Å². The summed E-state index contributed by atoms with van der Waals surface area (Å²) in [7, 11) is 1.42. The second-order valence-corrected chi connectivity index (χ2v) is 3.05. The molecule has 1 rings (SSSR count). The van der Waals surface area contributed by atoms with Gasteiger partial charge in [0, 0.05) is 6.42 Å². The van der Waals surface area contributed by atoms with Crippen molar-refractivity contribution in [2.45, 2.75) is 12.8 Å². The number of rotatable bonds is 4. The number of carbonyl (C=O) groups excluding carboxylic acids is 1. The lowest BCUT2D eigenvalue weighted by atomic mass is 9.87. The molecule has 1 aromatic rings. The zero-order chi connectivity index (χ0) is 10.4. The Morgan fingerprint density at radius 3 is 3.00 bits per heavy atom. The molecule has 0 aromatic heterocycles. The minimum atomic E-state index is -0.209. The Kier molecular flexibility index (Phi) is 4.20. The number of methoxy groups -OCH3 is 1. The summed E-state index contributed by atoms with van der Waals surface area (Å²) in [5, 5.41) is 8.89. The van der Waals surface area contributed by atoms with Crippen LogP contribution in [0, 0.1) is 0 Å². The summed E-state index contributed by atoms with van der Waals surface area (Å²) in [6, 6.07) is 7.55. The third-order valence-electron chi connectivity index (χ3n) is 2.02. The molecule has 0 amide bonds. The fourth-order valence-corrected chi connectivity index (χ4v) is 1.23. The van der Waals surface area contributed by atoms with E-state index in [2.05, 4.69) is 4.74 Å². The van der Waals surface area contributed by atoms with Gasteiger partial charge in [0.15, 0.2) is 0 Å². The van der Waals surface area contributed by atoms with Crippen molar-refractivity contribution in [3.8, 4) is 0 Å². The normalized spacial score (nSPS) is 9.57. The Labute approximate surface area is 84.0 Å². The summed E-state index contributed by atoms with van der Waals surface area (Å²) in [6.45, 7) is 0. The van der Waals surface area contributed by atoms with Crippen LogP contribution >= 0.6 is 0 Å². The molecule has 0 bridgehead atoms. The SMILES string of the molecule is COC(=O)CCc1cccc(BO)c1. The summed E-state index contributed by atoms with van der Waals surface area (Å²) < 4.78 is 4.54. The van der Waals surface area contributed by atoms with Crippen molar-refractivity contribution in [3.63, 3.8) is 0 Å². The quantitative estimate of drug-likeness (QED) is 0.529. The molecule has 0 aliphatic rings. The molecule has 1 N–H and O–H groups in total. The average molecular weight is 192 g/mol. The Bertz CT molecular complexity index is 312. The number of aryl methyl sites for hydroxylation is 1. The number of hydrogen-bond acceptors (Lipinski definition) is 3. The van der Waals surface area contributed by atoms with Crippen molar-refractivity contribution in [2.75, 3.05) is 7.11 Å². The molecule has 1 aromatic carbocycles. The van der Waals surface area contributed by atoms with Gasteiger partial charge in [-0.25, -0.2) is 0 Å². The van der Waals surface area contributed by atoms with Crippen LogP contribution in [-0.4, -0.2) is 25.6 Å². The minimum Gasteiger partial charge on any atom is -0.469 e. The monoisotopic (exact) mass is 192 g/mol. The van der Waals surface area contributed by atoms with Crippen LogP contribution < -0.4 is 5.46 Å². The highest BCUT2D eigenvalue weighted by Crippen LogP contribution is 2.01. The molecule has 0 aliphatic heterocycles. The highest BCUT2D eigenvalue weighted by molar-refractivity contribution is 6.45. The van der Waals surface area contributed by atoms with E-state index in [0.29, 0.717) is 12.8 Å². The fourth-order valence-electron chi connectivity index (χ4n) is 1.23. The molecule has 0 spiro atoms. The summed E-state index contributed by atoms with van der Waals surface area (Å²) >= 11 is 0. The van der Waals surface area contributed by atoms with Gasteiger partial charge in [-0.2, -0.15) is 0 Å². The Morgan fingerprint density at radius 1 is 1.57 bits per heavy atom. The molecule has 0 fully saturated rings. The van der Waals surface area contributed by atoms with Gasteiger partial charge in [0.05, 0.1) is 7.11 Å². The summed E-state index contributed by atoms with van der Waals surface area (Å²) in [5.74, 6) is -0.209. The second-order valence-electron chi connectivity index (χ2n) is 3.05. The number of carbonyl (C=O) groups is 1. The van der Waals surface area contributed by atoms with Crippen LogP contribution in [0.15, 0.2) is 24.3 Å². The molecule has 0 unspecified atom stereocenters. The van der Waals surface area contributed by atoms with Gasteiger partial charge in [-0.15, -0.1) is 0 Å². The predicted molar refractivity (Wildman–Crippen MR) is 55.8 cm³/mol. The van der Waals surface area contributed by atoms with Gasteiger partial charge in [-0.05, 0) is 12.0 Å². The molecule has 0 saturated heterocycles. The largest absolute Gasteiger partial charge is 0.469 e. The summed E-state index contributed by atoms with van der Waals surface area (Å²) in [5.41, 5.74) is 1.91. The standard InChI is InChI=1S/C10H13BO3/c1-14-10(12)6-5-8-3-2-4-9(7-8)11-13/h2-4,7,11,13H,5-6H2,1H3. The van der Waals surface area contributed by atoms with Crippen LogP contribution in [0.25, 0.3) is 0 Å². The molecule has 0 radical (unpaired) electrons.